The molecule has 0 unspecified atom stereocenters. The zero-order valence-corrected chi connectivity index (χ0v) is 12.3. The molecule has 21 heavy (non-hydrogen) atoms. The molecular weight excluding hydrogens is 310 g/mol. The number of halogens is 1. The van der Waals surface area contributed by atoms with E-state index in [0.29, 0.717) is 22.3 Å². The van der Waals surface area contributed by atoms with E-state index in [2.05, 4.69) is 4.98 Å². The quantitative estimate of drug-likeness (QED) is 0.587. The molecule has 6 heteroatoms. The lowest BCUT2D eigenvalue weighted by Gasteiger charge is -2.07. The van der Waals surface area contributed by atoms with Crippen LogP contribution in [0.4, 0.5) is 0 Å². The molecule has 0 saturated carbocycles. The molecule has 0 aliphatic carbocycles. The molecule has 0 aliphatic heterocycles. The van der Waals surface area contributed by atoms with Crippen molar-refractivity contribution in [2.45, 2.75) is 10.8 Å². The van der Waals surface area contributed by atoms with E-state index in [1.54, 1.807) is 12.3 Å². The van der Waals surface area contributed by atoms with Crippen LogP contribution < -0.4 is 5.63 Å². The first-order valence-electron chi connectivity index (χ1n) is 6.13. The maximum absolute atomic E-state index is 11.8. The van der Waals surface area contributed by atoms with Gasteiger partial charge in [0.15, 0.2) is 0 Å². The highest BCUT2D eigenvalue weighted by atomic mass is 35.5. The third-order valence-electron chi connectivity index (χ3n) is 2.94. The zero-order chi connectivity index (χ0) is 14.8. The van der Waals surface area contributed by atoms with Crippen molar-refractivity contribution in [2.75, 3.05) is 0 Å². The number of rotatable bonds is 3. The Labute approximate surface area is 129 Å². The Bertz CT molecular complexity index is 849. The Morgan fingerprint density at radius 2 is 2.14 bits per heavy atom. The maximum atomic E-state index is 11.8. The number of pyridine rings is 1. The van der Waals surface area contributed by atoms with Crippen LogP contribution in [0.3, 0.4) is 0 Å². The van der Waals surface area contributed by atoms with Crippen LogP contribution in [0.5, 0.6) is 5.75 Å². The summed E-state index contributed by atoms with van der Waals surface area (Å²) in [6, 6.07) is 10.3. The second-order valence-corrected chi connectivity index (χ2v) is 5.69. The summed E-state index contributed by atoms with van der Waals surface area (Å²) >= 11 is 7.55. The van der Waals surface area contributed by atoms with Crippen LogP contribution in [-0.4, -0.2) is 10.1 Å². The van der Waals surface area contributed by atoms with Crippen molar-refractivity contribution in [1.82, 2.24) is 4.98 Å². The van der Waals surface area contributed by atoms with Crippen molar-refractivity contribution in [3.63, 3.8) is 0 Å². The number of fused-ring (bicyclic) bond motifs is 1. The van der Waals surface area contributed by atoms with Crippen LogP contribution in [0.2, 0.25) is 5.02 Å². The van der Waals surface area contributed by atoms with Crippen LogP contribution in [-0.2, 0) is 5.75 Å². The van der Waals surface area contributed by atoms with Gasteiger partial charge in [0, 0.05) is 23.4 Å². The van der Waals surface area contributed by atoms with E-state index in [1.807, 2.05) is 18.2 Å². The summed E-state index contributed by atoms with van der Waals surface area (Å²) < 4.78 is 5.09. The fourth-order valence-electron chi connectivity index (χ4n) is 1.95. The second-order valence-electron chi connectivity index (χ2n) is 4.32. The van der Waals surface area contributed by atoms with Gasteiger partial charge in [-0.25, -0.2) is 9.78 Å². The monoisotopic (exact) mass is 319 g/mol. The van der Waals surface area contributed by atoms with Crippen LogP contribution >= 0.6 is 23.4 Å². The lowest BCUT2D eigenvalue weighted by atomic mass is 10.1. The minimum Gasteiger partial charge on any atom is -0.508 e. The molecule has 0 aliphatic rings. The minimum absolute atomic E-state index is 0.0382. The molecule has 0 bridgehead atoms. The fraction of sp³-hybridized carbons (Fsp3) is 0.0667. The van der Waals surface area contributed by atoms with Gasteiger partial charge in [0.25, 0.3) is 0 Å². The summed E-state index contributed by atoms with van der Waals surface area (Å²) in [5.74, 6) is 0.527. The Morgan fingerprint density at radius 1 is 1.29 bits per heavy atom. The molecule has 0 fully saturated rings. The van der Waals surface area contributed by atoms with E-state index in [4.69, 9.17) is 16.0 Å². The average Bonchev–Trinajstić information content (AvgIpc) is 2.49. The highest BCUT2D eigenvalue weighted by molar-refractivity contribution is 7.98. The minimum atomic E-state index is -0.605. The summed E-state index contributed by atoms with van der Waals surface area (Å²) in [6.07, 6.45) is 1.71. The van der Waals surface area contributed by atoms with Crippen molar-refractivity contribution in [3.8, 4) is 5.75 Å². The van der Waals surface area contributed by atoms with Crippen molar-refractivity contribution in [1.29, 1.82) is 0 Å². The van der Waals surface area contributed by atoms with Crippen molar-refractivity contribution in [3.05, 3.63) is 63.6 Å². The number of aromatic hydroxyl groups is 1. The van der Waals surface area contributed by atoms with E-state index in [0.717, 1.165) is 5.03 Å². The number of phenols is 1. The SMILES string of the molecule is O=c1oc2cc(O)ccc2c(CSc2ccccn2)c1Cl. The van der Waals surface area contributed by atoms with E-state index < -0.39 is 5.63 Å². The summed E-state index contributed by atoms with van der Waals surface area (Å²) in [5, 5.41) is 11.1. The molecule has 3 rings (SSSR count). The molecular formula is C15H10ClNO3S. The average molecular weight is 320 g/mol. The Balaban J connectivity index is 2.04. The lowest BCUT2D eigenvalue weighted by molar-refractivity contribution is 0.473. The van der Waals surface area contributed by atoms with Gasteiger partial charge in [-0.3, -0.25) is 0 Å². The Morgan fingerprint density at radius 3 is 2.90 bits per heavy atom. The molecule has 0 saturated heterocycles. The predicted molar refractivity (Wildman–Crippen MR) is 83.0 cm³/mol. The Kier molecular flexibility index (Phi) is 3.86. The molecule has 1 aromatic carbocycles. The molecule has 0 amide bonds. The normalized spacial score (nSPS) is 10.9. The summed E-state index contributed by atoms with van der Waals surface area (Å²) in [6.45, 7) is 0. The highest BCUT2D eigenvalue weighted by Gasteiger charge is 2.13. The van der Waals surface area contributed by atoms with E-state index >= 15 is 0 Å². The standard InChI is InChI=1S/C15H10ClNO3S/c16-14-11(8-21-13-3-1-2-6-17-13)10-5-4-9(18)7-12(10)20-15(14)19/h1-7,18H,8H2. The van der Waals surface area contributed by atoms with Crippen LogP contribution in [0.15, 0.2) is 56.8 Å². The molecule has 0 atom stereocenters. The van der Waals surface area contributed by atoms with Crippen LogP contribution in [0, 0.1) is 0 Å². The number of phenolic OH excluding ortho intramolecular Hbond substituents is 1. The van der Waals surface area contributed by atoms with Gasteiger partial charge in [0.1, 0.15) is 16.4 Å². The summed E-state index contributed by atoms with van der Waals surface area (Å²) in [4.78, 5) is 16.0. The third kappa shape index (κ3) is 2.89. The van der Waals surface area contributed by atoms with Gasteiger partial charge in [-0.2, -0.15) is 0 Å². The smallest absolute Gasteiger partial charge is 0.355 e. The number of hydrogen-bond acceptors (Lipinski definition) is 5. The number of hydrogen-bond donors (Lipinski definition) is 1. The molecule has 2 heterocycles. The van der Waals surface area contributed by atoms with Gasteiger partial charge in [-0.15, -0.1) is 11.8 Å². The lowest BCUT2D eigenvalue weighted by Crippen LogP contribution is -2.03. The first-order valence-corrected chi connectivity index (χ1v) is 7.49. The second kappa shape index (κ2) is 5.79. The molecule has 106 valence electrons. The Hall–Kier alpha value is -1.98. The molecule has 0 spiro atoms. The summed E-state index contributed by atoms with van der Waals surface area (Å²) in [5.41, 5.74) is 0.394. The molecule has 3 aromatic rings. The van der Waals surface area contributed by atoms with Gasteiger partial charge in [-0.1, -0.05) is 17.7 Å². The molecule has 1 N–H and O–H groups in total. The molecule has 0 radical (unpaired) electrons. The number of aromatic nitrogens is 1. The summed E-state index contributed by atoms with van der Waals surface area (Å²) in [7, 11) is 0. The van der Waals surface area contributed by atoms with Crippen molar-refractivity contribution < 1.29 is 9.52 Å². The van der Waals surface area contributed by atoms with Gasteiger partial charge < -0.3 is 9.52 Å². The maximum Gasteiger partial charge on any atom is 0.355 e. The topological polar surface area (TPSA) is 63.3 Å². The third-order valence-corrected chi connectivity index (χ3v) is 4.29. The number of benzene rings is 1. The zero-order valence-electron chi connectivity index (χ0n) is 10.7. The highest BCUT2D eigenvalue weighted by Crippen LogP contribution is 2.31. The predicted octanol–water partition coefficient (Wildman–Crippen LogP) is 3.84. The first kappa shape index (κ1) is 14.0. The van der Waals surface area contributed by atoms with Crippen molar-refractivity contribution >= 4 is 34.3 Å². The largest absolute Gasteiger partial charge is 0.508 e. The number of nitrogens with zero attached hydrogens (tertiary/aromatic N) is 1. The first-order chi connectivity index (χ1) is 10.1. The van der Waals surface area contributed by atoms with Gasteiger partial charge in [0.2, 0.25) is 0 Å². The number of thioether (sulfide) groups is 1. The fourth-order valence-corrected chi connectivity index (χ4v) is 3.14. The van der Waals surface area contributed by atoms with Gasteiger partial charge in [-0.05, 0) is 29.8 Å². The van der Waals surface area contributed by atoms with E-state index in [1.165, 1.54) is 23.9 Å². The van der Waals surface area contributed by atoms with Crippen LogP contribution in [0.25, 0.3) is 11.0 Å². The van der Waals surface area contributed by atoms with Crippen LogP contribution in [0.1, 0.15) is 5.56 Å². The van der Waals surface area contributed by atoms with E-state index in [-0.39, 0.29) is 10.8 Å². The molecule has 4 nitrogen and oxygen atoms in total. The molecule has 2 aromatic heterocycles. The van der Waals surface area contributed by atoms with E-state index in [9.17, 15) is 9.90 Å². The van der Waals surface area contributed by atoms with Crippen molar-refractivity contribution in [2.24, 2.45) is 0 Å². The van der Waals surface area contributed by atoms with Gasteiger partial charge in [0.05, 0.1) is 5.03 Å². The van der Waals surface area contributed by atoms with Gasteiger partial charge >= 0.3 is 5.63 Å².